The van der Waals surface area contributed by atoms with E-state index in [2.05, 4.69) is 20.5 Å². The minimum absolute atomic E-state index is 0.122. The molecule has 0 amide bonds. The SMILES string of the molecule is COC(=O)c1c(C)[nH]c(C(=O)CSc2nnc(Nc3cccc(OC)c3)s2)c1C. The van der Waals surface area contributed by atoms with Crippen LogP contribution < -0.4 is 10.1 Å². The van der Waals surface area contributed by atoms with Gasteiger partial charge < -0.3 is 19.8 Å². The maximum atomic E-state index is 12.6. The van der Waals surface area contributed by atoms with Crippen molar-refractivity contribution in [1.82, 2.24) is 15.2 Å². The van der Waals surface area contributed by atoms with Gasteiger partial charge in [0.1, 0.15) is 5.75 Å². The number of hydrogen-bond acceptors (Lipinski definition) is 9. The second-order valence-corrected chi connectivity index (χ2v) is 8.26. The highest BCUT2D eigenvalue weighted by Crippen LogP contribution is 2.29. The highest BCUT2D eigenvalue weighted by atomic mass is 32.2. The number of thioether (sulfide) groups is 1. The fourth-order valence-electron chi connectivity index (χ4n) is 2.78. The first kappa shape index (κ1) is 20.9. The highest BCUT2D eigenvalue weighted by Gasteiger charge is 2.22. The summed E-state index contributed by atoms with van der Waals surface area (Å²) < 4.78 is 10.6. The number of aromatic nitrogens is 3. The molecule has 0 bridgehead atoms. The quantitative estimate of drug-likeness (QED) is 0.313. The van der Waals surface area contributed by atoms with E-state index in [0.29, 0.717) is 32.0 Å². The first-order valence-corrected chi connectivity index (χ1v) is 10.4. The first-order chi connectivity index (χ1) is 13.9. The van der Waals surface area contributed by atoms with Crippen LogP contribution in [0.4, 0.5) is 10.8 Å². The second kappa shape index (κ2) is 9.10. The molecule has 2 aromatic heterocycles. The number of anilines is 2. The third kappa shape index (κ3) is 4.77. The summed E-state index contributed by atoms with van der Waals surface area (Å²) in [6, 6.07) is 7.48. The summed E-state index contributed by atoms with van der Waals surface area (Å²) in [7, 11) is 2.93. The molecule has 3 aromatic rings. The molecule has 0 aliphatic heterocycles. The molecule has 2 N–H and O–H groups in total. The zero-order chi connectivity index (χ0) is 21.0. The number of nitrogens with zero attached hydrogens (tertiary/aromatic N) is 2. The Kier molecular flexibility index (Phi) is 6.55. The number of aromatic amines is 1. The van der Waals surface area contributed by atoms with Crippen molar-refractivity contribution in [3.05, 3.63) is 46.8 Å². The molecule has 0 atom stereocenters. The molecule has 0 unspecified atom stereocenters. The molecule has 0 aliphatic carbocycles. The molecular weight excluding hydrogens is 412 g/mol. The molecule has 3 rings (SSSR count). The normalized spacial score (nSPS) is 10.6. The molecule has 2 heterocycles. The molecule has 29 heavy (non-hydrogen) atoms. The molecule has 0 fully saturated rings. The number of aryl methyl sites for hydroxylation is 1. The molecular formula is C19H20N4O4S2. The standard InChI is InChI=1S/C19H20N4O4S2/c1-10-15(17(25)27-4)11(2)20-16(10)14(24)9-28-19-23-22-18(29-19)21-12-6-5-7-13(8-12)26-3/h5-8,20H,9H2,1-4H3,(H,21,22). The first-order valence-electron chi connectivity index (χ1n) is 8.61. The molecule has 0 saturated carbocycles. The van der Waals surface area contributed by atoms with Crippen molar-refractivity contribution >= 4 is 45.7 Å². The molecule has 10 heteroatoms. The number of nitrogens with one attached hydrogen (secondary N) is 2. The van der Waals surface area contributed by atoms with Crippen molar-refractivity contribution in [2.24, 2.45) is 0 Å². The molecule has 152 valence electrons. The predicted molar refractivity (Wildman–Crippen MR) is 113 cm³/mol. The number of Topliss-reactive ketones (excluding diaryl/α,β-unsaturated/α-hetero) is 1. The van der Waals surface area contributed by atoms with Crippen LogP contribution in [-0.2, 0) is 4.74 Å². The number of rotatable bonds is 8. The third-order valence-corrected chi connectivity index (χ3v) is 6.13. The zero-order valence-corrected chi connectivity index (χ0v) is 18.0. The van der Waals surface area contributed by atoms with Crippen LogP contribution in [0.1, 0.15) is 32.1 Å². The van der Waals surface area contributed by atoms with E-state index in [0.717, 1.165) is 11.4 Å². The lowest BCUT2D eigenvalue weighted by Gasteiger charge is -2.04. The van der Waals surface area contributed by atoms with Crippen LogP contribution in [0.3, 0.4) is 0 Å². The third-order valence-electron chi connectivity index (χ3n) is 4.16. The monoisotopic (exact) mass is 432 g/mol. The average molecular weight is 433 g/mol. The van der Waals surface area contributed by atoms with Gasteiger partial charge in [0.25, 0.3) is 0 Å². The summed E-state index contributed by atoms with van der Waals surface area (Å²) in [6.07, 6.45) is 0. The Labute approximate surface area is 176 Å². The van der Waals surface area contributed by atoms with Crippen LogP contribution in [-0.4, -0.2) is 46.9 Å². The summed E-state index contributed by atoms with van der Waals surface area (Å²) >= 11 is 2.65. The molecule has 0 spiro atoms. The smallest absolute Gasteiger partial charge is 0.339 e. The van der Waals surface area contributed by atoms with Gasteiger partial charge in [-0.2, -0.15) is 0 Å². The highest BCUT2D eigenvalue weighted by molar-refractivity contribution is 8.01. The molecule has 0 radical (unpaired) electrons. The largest absolute Gasteiger partial charge is 0.497 e. The number of H-pyrrole nitrogens is 1. The van der Waals surface area contributed by atoms with Gasteiger partial charge >= 0.3 is 5.97 Å². The van der Waals surface area contributed by atoms with Crippen molar-refractivity contribution in [3.63, 3.8) is 0 Å². The zero-order valence-electron chi connectivity index (χ0n) is 16.4. The Hall–Kier alpha value is -2.85. The Morgan fingerprint density at radius 2 is 2.03 bits per heavy atom. The van der Waals surface area contributed by atoms with E-state index in [4.69, 9.17) is 9.47 Å². The van der Waals surface area contributed by atoms with Gasteiger partial charge in [0.2, 0.25) is 5.13 Å². The molecule has 1 aromatic carbocycles. The van der Waals surface area contributed by atoms with E-state index in [1.54, 1.807) is 21.0 Å². The van der Waals surface area contributed by atoms with Gasteiger partial charge in [-0.1, -0.05) is 29.2 Å². The van der Waals surface area contributed by atoms with Crippen LogP contribution in [0.5, 0.6) is 5.75 Å². The number of benzene rings is 1. The van der Waals surface area contributed by atoms with E-state index >= 15 is 0 Å². The minimum Gasteiger partial charge on any atom is -0.497 e. The number of hydrogen-bond donors (Lipinski definition) is 2. The van der Waals surface area contributed by atoms with E-state index in [-0.39, 0.29) is 11.5 Å². The van der Waals surface area contributed by atoms with Crippen molar-refractivity contribution in [1.29, 1.82) is 0 Å². The van der Waals surface area contributed by atoms with Crippen LogP contribution in [0.2, 0.25) is 0 Å². The maximum absolute atomic E-state index is 12.6. The molecule has 0 aliphatic rings. The second-order valence-electron chi connectivity index (χ2n) is 6.06. The summed E-state index contributed by atoms with van der Waals surface area (Å²) in [4.78, 5) is 27.5. The fraction of sp³-hybridized carbons (Fsp3) is 0.263. The van der Waals surface area contributed by atoms with Crippen LogP contribution in [0.15, 0.2) is 28.6 Å². The number of esters is 1. The Bertz CT molecular complexity index is 1040. The molecule has 8 nitrogen and oxygen atoms in total. The van der Waals surface area contributed by atoms with Crippen molar-refractivity contribution in [3.8, 4) is 5.75 Å². The van der Waals surface area contributed by atoms with E-state index < -0.39 is 5.97 Å². The van der Waals surface area contributed by atoms with Crippen LogP contribution in [0, 0.1) is 13.8 Å². The predicted octanol–water partition coefficient (Wildman–Crippen LogP) is 4.00. The topological polar surface area (TPSA) is 106 Å². The van der Waals surface area contributed by atoms with Crippen LogP contribution >= 0.6 is 23.1 Å². The van der Waals surface area contributed by atoms with Gasteiger partial charge in [0, 0.05) is 17.4 Å². The minimum atomic E-state index is -0.458. The lowest BCUT2D eigenvalue weighted by molar-refractivity contribution is 0.0599. The van der Waals surface area contributed by atoms with E-state index in [1.165, 1.54) is 30.2 Å². The molecule has 0 saturated heterocycles. The fourth-order valence-corrected chi connectivity index (χ4v) is 4.42. The van der Waals surface area contributed by atoms with E-state index in [9.17, 15) is 9.59 Å². The van der Waals surface area contributed by atoms with Gasteiger partial charge in [-0.05, 0) is 31.5 Å². The van der Waals surface area contributed by atoms with Gasteiger partial charge in [-0.3, -0.25) is 4.79 Å². The van der Waals surface area contributed by atoms with Gasteiger partial charge in [0.15, 0.2) is 10.1 Å². The van der Waals surface area contributed by atoms with Gasteiger partial charge in [0.05, 0.1) is 31.2 Å². The van der Waals surface area contributed by atoms with E-state index in [1.807, 2.05) is 24.3 Å². The maximum Gasteiger partial charge on any atom is 0.339 e. The average Bonchev–Trinajstić information content (AvgIpc) is 3.29. The Balaban J connectivity index is 1.64. The van der Waals surface area contributed by atoms with Crippen molar-refractivity contribution < 1.29 is 19.1 Å². The number of methoxy groups -OCH3 is 2. The van der Waals surface area contributed by atoms with Gasteiger partial charge in [-0.15, -0.1) is 10.2 Å². The van der Waals surface area contributed by atoms with Gasteiger partial charge in [-0.25, -0.2) is 4.79 Å². The summed E-state index contributed by atoms with van der Waals surface area (Å²) in [5, 5.41) is 12.0. The summed E-state index contributed by atoms with van der Waals surface area (Å²) in [5.41, 5.74) is 2.86. The van der Waals surface area contributed by atoms with Crippen molar-refractivity contribution in [2.75, 3.05) is 25.3 Å². The van der Waals surface area contributed by atoms with Crippen molar-refractivity contribution in [2.45, 2.75) is 18.2 Å². The van der Waals surface area contributed by atoms with Crippen LogP contribution in [0.25, 0.3) is 0 Å². The Morgan fingerprint density at radius 3 is 2.76 bits per heavy atom. The summed E-state index contributed by atoms with van der Waals surface area (Å²) in [6.45, 7) is 3.47. The number of ether oxygens (including phenoxy) is 2. The Morgan fingerprint density at radius 1 is 1.24 bits per heavy atom. The number of ketones is 1. The lowest BCUT2D eigenvalue weighted by Crippen LogP contribution is -2.07. The summed E-state index contributed by atoms with van der Waals surface area (Å²) in [5.74, 6) is 0.334. The number of carbonyl (C=O) groups excluding carboxylic acids is 2. The lowest BCUT2D eigenvalue weighted by atomic mass is 10.1. The number of carbonyl (C=O) groups is 2.